The smallest absolute Gasteiger partial charge is 0.126 e. The molecule has 0 unspecified atom stereocenters. The lowest BCUT2D eigenvalue weighted by Gasteiger charge is -2.04. The highest BCUT2D eigenvalue weighted by Crippen LogP contribution is 2.21. The van der Waals surface area contributed by atoms with E-state index in [0.717, 1.165) is 21.8 Å². The molecule has 2 aromatic rings. The number of thiophene rings is 1. The van der Waals surface area contributed by atoms with Gasteiger partial charge in [0.15, 0.2) is 0 Å². The Bertz CT molecular complexity index is 459. The lowest BCUT2D eigenvalue weighted by atomic mass is 10.3. The molecule has 0 saturated heterocycles. The third-order valence-electron chi connectivity index (χ3n) is 1.98. The highest BCUT2D eigenvalue weighted by atomic mass is 79.9. The molecule has 1 N–H and O–H groups in total. The Morgan fingerprint density at radius 2 is 2.25 bits per heavy atom. The van der Waals surface area contributed by atoms with Gasteiger partial charge in [0.25, 0.3) is 0 Å². The Balaban J connectivity index is 0.00000128. The molecule has 2 aromatic heterocycles. The minimum atomic E-state index is 0. The predicted molar refractivity (Wildman–Crippen MR) is 75.6 cm³/mol. The Morgan fingerprint density at radius 3 is 2.88 bits per heavy atom. The van der Waals surface area contributed by atoms with Crippen molar-refractivity contribution in [1.29, 1.82) is 0 Å². The zero-order valence-corrected chi connectivity index (χ0v) is 12.0. The Hall–Kier alpha value is -0.580. The van der Waals surface area contributed by atoms with Gasteiger partial charge in [0, 0.05) is 12.2 Å². The minimum Gasteiger partial charge on any atom is -0.366 e. The van der Waals surface area contributed by atoms with E-state index in [1.807, 2.05) is 25.1 Å². The molecule has 0 fully saturated rings. The van der Waals surface area contributed by atoms with E-state index in [1.165, 1.54) is 5.56 Å². The van der Waals surface area contributed by atoms with Crippen molar-refractivity contribution in [3.63, 3.8) is 0 Å². The van der Waals surface area contributed by atoms with Crippen LogP contribution in [0.3, 0.4) is 0 Å². The van der Waals surface area contributed by atoms with Crippen molar-refractivity contribution in [3.05, 3.63) is 44.7 Å². The van der Waals surface area contributed by atoms with Crippen molar-refractivity contribution < 1.29 is 0 Å². The largest absolute Gasteiger partial charge is 0.366 e. The maximum Gasteiger partial charge on any atom is 0.126 e. The topological polar surface area (TPSA) is 24.9 Å². The quantitative estimate of drug-likeness (QED) is 0.915. The van der Waals surface area contributed by atoms with E-state index in [1.54, 1.807) is 11.3 Å². The summed E-state index contributed by atoms with van der Waals surface area (Å²) in [4.78, 5) is 4.38. The third kappa shape index (κ3) is 3.77. The van der Waals surface area contributed by atoms with E-state index in [0.29, 0.717) is 0 Å². The fraction of sp³-hybridized carbons (Fsp3) is 0.182. The number of aromatic nitrogens is 1. The van der Waals surface area contributed by atoms with Crippen LogP contribution in [0, 0.1) is 6.92 Å². The van der Waals surface area contributed by atoms with Crippen LogP contribution >= 0.6 is 39.7 Å². The Labute approximate surface area is 114 Å². The zero-order chi connectivity index (χ0) is 10.7. The lowest BCUT2D eigenvalue weighted by Crippen LogP contribution is -2.00. The monoisotopic (exact) mass is 318 g/mol. The second-order valence-electron chi connectivity index (χ2n) is 3.28. The molecule has 2 heterocycles. The van der Waals surface area contributed by atoms with Gasteiger partial charge in [0.2, 0.25) is 0 Å². The standard InChI is InChI=1S/C11H11BrN2S.ClH/c1-8-3-2-4-11(14-8)13-6-9-5-10(12)15-7-9;/h2-5,7H,6H2,1H3,(H,13,14);1H. The molecule has 0 saturated carbocycles. The van der Waals surface area contributed by atoms with E-state index < -0.39 is 0 Å². The molecular weight excluding hydrogens is 308 g/mol. The van der Waals surface area contributed by atoms with Gasteiger partial charge in [-0.2, -0.15) is 0 Å². The highest BCUT2D eigenvalue weighted by molar-refractivity contribution is 9.11. The summed E-state index contributed by atoms with van der Waals surface area (Å²) < 4.78 is 1.16. The van der Waals surface area contributed by atoms with Crippen molar-refractivity contribution in [1.82, 2.24) is 4.98 Å². The van der Waals surface area contributed by atoms with E-state index >= 15 is 0 Å². The average Bonchev–Trinajstić information content (AvgIpc) is 2.62. The molecule has 0 aromatic carbocycles. The summed E-state index contributed by atoms with van der Waals surface area (Å²) in [6.07, 6.45) is 0. The SMILES string of the molecule is Cc1cccc(NCc2csc(Br)c2)n1.Cl. The molecule has 0 radical (unpaired) electrons. The van der Waals surface area contributed by atoms with Crippen molar-refractivity contribution >= 4 is 45.5 Å². The van der Waals surface area contributed by atoms with E-state index in [4.69, 9.17) is 0 Å². The molecule has 0 spiro atoms. The average molecular weight is 320 g/mol. The molecule has 0 bridgehead atoms. The lowest BCUT2D eigenvalue weighted by molar-refractivity contribution is 1.10. The molecule has 0 aliphatic carbocycles. The Kier molecular flexibility index (Phi) is 5.25. The maximum atomic E-state index is 4.38. The summed E-state index contributed by atoms with van der Waals surface area (Å²) in [5.41, 5.74) is 2.31. The van der Waals surface area contributed by atoms with Crippen LogP contribution in [-0.2, 0) is 6.54 Å². The maximum absolute atomic E-state index is 4.38. The summed E-state index contributed by atoms with van der Waals surface area (Å²) in [6.45, 7) is 2.81. The summed E-state index contributed by atoms with van der Waals surface area (Å²) >= 11 is 5.14. The summed E-state index contributed by atoms with van der Waals surface area (Å²) in [5, 5.41) is 5.42. The number of nitrogens with zero attached hydrogens (tertiary/aromatic N) is 1. The summed E-state index contributed by atoms with van der Waals surface area (Å²) in [5.74, 6) is 0.928. The second-order valence-corrected chi connectivity index (χ2v) is 5.57. The van der Waals surface area contributed by atoms with Crippen molar-refractivity contribution in [2.24, 2.45) is 0 Å². The summed E-state index contributed by atoms with van der Waals surface area (Å²) in [7, 11) is 0. The van der Waals surface area contributed by atoms with Gasteiger partial charge in [0.1, 0.15) is 5.82 Å². The van der Waals surface area contributed by atoms with Gasteiger partial charge in [-0.3, -0.25) is 0 Å². The van der Waals surface area contributed by atoms with Crippen molar-refractivity contribution in [3.8, 4) is 0 Å². The van der Waals surface area contributed by atoms with E-state index in [-0.39, 0.29) is 12.4 Å². The fourth-order valence-corrected chi connectivity index (χ4v) is 2.48. The van der Waals surface area contributed by atoms with Gasteiger partial charge in [-0.25, -0.2) is 4.98 Å². The van der Waals surface area contributed by atoms with Gasteiger partial charge >= 0.3 is 0 Å². The first-order valence-corrected chi connectivity index (χ1v) is 6.32. The van der Waals surface area contributed by atoms with Crippen molar-refractivity contribution in [2.75, 3.05) is 5.32 Å². The molecule has 16 heavy (non-hydrogen) atoms. The molecular formula is C11H12BrClN2S. The first-order valence-electron chi connectivity index (χ1n) is 4.64. The molecule has 2 nitrogen and oxygen atoms in total. The van der Waals surface area contributed by atoms with Gasteiger partial charge < -0.3 is 5.32 Å². The second kappa shape index (κ2) is 6.23. The van der Waals surface area contributed by atoms with Crippen LogP contribution in [0.4, 0.5) is 5.82 Å². The van der Waals surface area contributed by atoms with Crippen LogP contribution < -0.4 is 5.32 Å². The van der Waals surface area contributed by atoms with Crippen LogP contribution in [0.25, 0.3) is 0 Å². The van der Waals surface area contributed by atoms with Crippen LogP contribution in [0.5, 0.6) is 0 Å². The number of aryl methyl sites for hydroxylation is 1. The van der Waals surface area contributed by atoms with E-state index in [2.05, 4.69) is 37.7 Å². The van der Waals surface area contributed by atoms with Gasteiger partial charge in [-0.1, -0.05) is 6.07 Å². The van der Waals surface area contributed by atoms with Crippen LogP contribution in [0.15, 0.2) is 33.4 Å². The van der Waals surface area contributed by atoms with Gasteiger partial charge in [0.05, 0.1) is 3.79 Å². The van der Waals surface area contributed by atoms with Gasteiger partial charge in [-0.05, 0) is 52.0 Å². The number of halogens is 2. The Morgan fingerprint density at radius 1 is 1.44 bits per heavy atom. The third-order valence-corrected chi connectivity index (χ3v) is 3.54. The first kappa shape index (κ1) is 13.5. The predicted octanol–water partition coefficient (Wildman–Crippen LogP) is 4.25. The normalized spacial score (nSPS) is 9.62. The number of hydrogen-bond donors (Lipinski definition) is 1. The molecule has 5 heteroatoms. The summed E-state index contributed by atoms with van der Waals surface area (Å²) in [6, 6.07) is 8.10. The molecule has 86 valence electrons. The number of anilines is 1. The number of pyridine rings is 1. The number of hydrogen-bond acceptors (Lipinski definition) is 3. The number of nitrogens with one attached hydrogen (secondary N) is 1. The fourth-order valence-electron chi connectivity index (χ4n) is 1.27. The van der Waals surface area contributed by atoms with Crippen LogP contribution in [-0.4, -0.2) is 4.98 Å². The molecule has 2 rings (SSSR count). The molecule has 0 amide bonds. The van der Waals surface area contributed by atoms with Gasteiger partial charge in [-0.15, -0.1) is 23.7 Å². The first-order chi connectivity index (χ1) is 7.24. The zero-order valence-electron chi connectivity index (χ0n) is 8.74. The van der Waals surface area contributed by atoms with Crippen LogP contribution in [0.1, 0.15) is 11.3 Å². The highest BCUT2D eigenvalue weighted by Gasteiger charge is 1.98. The van der Waals surface area contributed by atoms with Crippen LogP contribution in [0.2, 0.25) is 0 Å². The minimum absolute atomic E-state index is 0. The molecule has 0 atom stereocenters. The molecule has 0 aliphatic heterocycles. The number of rotatable bonds is 3. The van der Waals surface area contributed by atoms with Crippen molar-refractivity contribution in [2.45, 2.75) is 13.5 Å². The van der Waals surface area contributed by atoms with E-state index in [9.17, 15) is 0 Å². The molecule has 0 aliphatic rings.